The summed E-state index contributed by atoms with van der Waals surface area (Å²) >= 11 is 0. The van der Waals surface area contributed by atoms with Gasteiger partial charge in [-0.25, -0.2) is 0 Å². The molecule has 3 aromatic rings. The molecule has 2 aromatic heterocycles. The zero-order chi connectivity index (χ0) is 14.2. The molecular formula is C16H17N5. The molecule has 0 unspecified atom stereocenters. The molecule has 0 aliphatic carbocycles. The minimum atomic E-state index is 0.786. The van der Waals surface area contributed by atoms with Crippen LogP contribution in [0.4, 0.5) is 5.82 Å². The SMILES string of the molecule is Cc1ccc(-c2nnc3ccc(N4CCCC4)nn23)cc1. The number of fused-ring (bicyclic) bond motifs is 1. The lowest BCUT2D eigenvalue weighted by Gasteiger charge is -2.15. The second-order valence-electron chi connectivity index (χ2n) is 5.55. The van der Waals surface area contributed by atoms with Crippen LogP contribution in [0.15, 0.2) is 36.4 Å². The number of rotatable bonds is 2. The van der Waals surface area contributed by atoms with Gasteiger partial charge in [-0.05, 0) is 31.9 Å². The molecule has 3 heterocycles. The number of benzene rings is 1. The lowest BCUT2D eigenvalue weighted by atomic mass is 10.1. The van der Waals surface area contributed by atoms with E-state index in [4.69, 9.17) is 5.10 Å². The molecule has 0 amide bonds. The summed E-state index contributed by atoms with van der Waals surface area (Å²) < 4.78 is 1.85. The van der Waals surface area contributed by atoms with E-state index >= 15 is 0 Å². The van der Waals surface area contributed by atoms with Crippen LogP contribution in [0.2, 0.25) is 0 Å². The fourth-order valence-corrected chi connectivity index (χ4v) is 2.78. The lowest BCUT2D eigenvalue weighted by molar-refractivity contribution is 0.860. The van der Waals surface area contributed by atoms with Gasteiger partial charge < -0.3 is 4.90 Å². The van der Waals surface area contributed by atoms with Gasteiger partial charge in [0.25, 0.3) is 0 Å². The monoisotopic (exact) mass is 279 g/mol. The molecule has 0 radical (unpaired) electrons. The maximum absolute atomic E-state index is 4.73. The van der Waals surface area contributed by atoms with E-state index in [0.717, 1.165) is 35.9 Å². The van der Waals surface area contributed by atoms with Crippen LogP contribution >= 0.6 is 0 Å². The molecule has 21 heavy (non-hydrogen) atoms. The predicted octanol–water partition coefficient (Wildman–Crippen LogP) is 2.70. The van der Waals surface area contributed by atoms with E-state index in [1.54, 1.807) is 0 Å². The van der Waals surface area contributed by atoms with Gasteiger partial charge in [-0.2, -0.15) is 4.52 Å². The number of anilines is 1. The summed E-state index contributed by atoms with van der Waals surface area (Å²) in [4.78, 5) is 2.32. The molecule has 1 saturated heterocycles. The van der Waals surface area contributed by atoms with Crippen molar-refractivity contribution in [1.29, 1.82) is 0 Å². The van der Waals surface area contributed by atoms with Crippen LogP contribution in [0.3, 0.4) is 0 Å². The molecule has 1 fully saturated rings. The van der Waals surface area contributed by atoms with Gasteiger partial charge >= 0.3 is 0 Å². The minimum absolute atomic E-state index is 0.786. The van der Waals surface area contributed by atoms with Gasteiger partial charge in [-0.1, -0.05) is 29.8 Å². The number of hydrogen-bond acceptors (Lipinski definition) is 4. The van der Waals surface area contributed by atoms with Gasteiger partial charge in [-0.15, -0.1) is 15.3 Å². The molecule has 1 aliphatic rings. The highest BCUT2D eigenvalue weighted by Crippen LogP contribution is 2.21. The summed E-state index contributed by atoms with van der Waals surface area (Å²) in [5.74, 6) is 1.80. The molecule has 0 saturated carbocycles. The van der Waals surface area contributed by atoms with Gasteiger partial charge in [0, 0.05) is 18.7 Å². The maximum Gasteiger partial charge on any atom is 0.185 e. The largest absolute Gasteiger partial charge is 0.355 e. The minimum Gasteiger partial charge on any atom is -0.355 e. The van der Waals surface area contributed by atoms with Crippen LogP contribution in [-0.2, 0) is 0 Å². The number of hydrogen-bond donors (Lipinski definition) is 0. The topological polar surface area (TPSA) is 46.3 Å². The highest BCUT2D eigenvalue weighted by molar-refractivity contribution is 5.60. The van der Waals surface area contributed by atoms with Crippen molar-refractivity contribution in [2.75, 3.05) is 18.0 Å². The van der Waals surface area contributed by atoms with Crippen molar-refractivity contribution in [3.05, 3.63) is 42.0 Å². The van der Waals surface area contributed by atoms with Crippen LogP contribution in [0.5, 0.6) is 0 Å². The first-order valence-corrected chi connectivity index (χ1v) is 7.36. The Bertz CT molecular complexity index is 769. The predicted molar refractivity (Wildman–Crippen MR) is 82.4 cm³/mol. The van der Waals surface area contributed by atoms with E-state index in [1.807, 2.05) is 16.6 Å². The molecule has 0 bridgehead atoms. The third-order valence-corrected chi connectivity index (χ3v) is 3.99. The number of nitrogens with zero attached hydrogens (tertiary/aromatic N) is 5. The van der Waals surface area contributed by atoms with E-state index in [1.165, 1.54) is 18.4 Å². The molecule has 106 valence electrons. The summed E-state index contributed by atoms with van der Waals surface area (Å²) in [5.41, 5.74) is 3.06. The van der Waals surface area contributed by atoms with E-state index in [0.29, 0.717) is 0 Å². The molecule has 0 atom stereocenters. The maximum atomic E-state index is 4.73. The van der Waals surface area contributed by atoms with Crippen LogP contribution in [-0.4, -0.2) is 32.9 Å². The Morgan fingerprint density at radius 2 is 1.67 bits per heavy atom. The third-order valence-electron chi connectivity index (χ3n) is 3.99. The van der Waals surface area contributed by atoms with E-state index in [-0.39, 0.29) is 0 Å². The molecular weight excluding hydrogens is 262 g/mol. The Morgan fingerprint density at radius 3 is 2.43 bits per heavy atom. The van der Waals surface area contributed by atoms with Crippen molar-refractivity contribution in [1.82, 2.24) is 19.8 Å². The van der Waals surface area contributed by atoms with Crippen molar-refractivity contribution in [3.8, 4) is 11.4 Å². The van der Waals surface area contributed by atoms with Gasteiger partial charge in [0.05, 0.1) is 0 Å². The lowest BCUT2D eigenvalue weighted by Crippen LogP contribution is -2.19. The average molecular weight is 279 g/mol. The Morgan fingerprint density at radius 1 is 0.905 bits per heavy atom. The fraction of sp³-hybridized carbons (Fsp3) is 0.312. The van der Waals surface area contributed by atoms with Crippen LogP contribution < -0.4 is 4.90 Å². The van der Waals surface area contributed by atoms with Crippen molar-refractivity contribution in [2.45, 2.75) is 19.8 Å². The fourth-order valence-electron chi connectivity index (χ4n) is 2.78. The van der Waals surface area contributed by atoms with E-state index in [2.05, 4.69) is 46.3 Å². The summed E-state index contributed by atoms with van der Waals surface area (Å²) in [6, 6.07) is 12.3. The Hall–Kier alpha value is -2.43. The molecule has 0 N–H and O–H groups in total. The van der Waals surface area contributed by atoms with Crippen molar-refractivity contribution >= 4 is 11.5 Å². The van der Waals surface area contributed by atoms with E-state index in [9.17, 15) is 0 Å². The molecule has 1 aromatic carbocycles. The second-order valence-corrected chi connectivity index (χ2v) is 5.55. The number of aromatic nitrogens is 4. The average Bonchev–Trinajstić information content (AvgIpc) is 3.17. The van der Waals surface area contributed by atoms with Crippen molar-refractivity contribution in [2.24, 2.45) is 0 Å². The highest BCUT2D eigenvalue weighted by Gasteiger charge is 2.16. The highest BCUT2D eigenvalue weighted by atomic mass is 15.4. The standard InChI is InChI=1S/C16H17N5/c1-12-4-6-13(7-5-12)16-18-17-14-8-9-15(19-21(14)16)20-10-2-3-11-20/h4-9H,2-3,10-11H2,1H3. The first-order chi connectivity index (χ1) is 10.3. The quantitative estimate of drug-likeness (QED) is 0.723. The van der Waals surface area contributed by atoms with Crippen LogP contribution in [0.1, 0.15) is 18.4 Å². The van der Waals surface area contributed by atoms with Crippen molar-refractivity contribution in [3.63, 3.8) is 0 Å². The Labute approximate surface area is 123 Å². The van der Waals surface area contributed by atoms with Gasteiger partial charge in [-0.3, -0.25) is 0 Å². The van der Waals surface area contributed by atoms with Gasteiger partial charge in [0.2, 0.25) is 0 Å². The molecule has 0 spiro atoms. The normalized spacial score (nSPS) is 15.0. The molecule has 1 aliphatic heterocycles. The smallest absolute Gasteiger partial charge is 0.185 e. The number of aryl methyl sites for hydroxylation is 1. The van der Waals surface area contributed by atoms with Gasteiger partial charge in [0.1, 0.15) is 5.82 Å². The summed E-state index contributed by atoms with van der Waals surface area (Å²) in [7, 11) is 0. The molecule has 5 nitrogen and oxygen atoms in total. The van der Waals surface area contributed by atoms with E-state index < -0.39 is 0 Å². The zero-order valence-corrected chi connectivity index (χ0v) is 12.0. The van der Waals surface area contributed by atoms with Crippen LogP contribution in [0.25, 0.3) is 17.0 Å². The van der Waals surface area contributed by atoms with Crippen molar-refractivity contribution < 1.29 is 0 Å². The molecule has 5 heteroatoms. The Balaban J connectivity index is 1.81. The first kappa shape index (κ1) is 12.3. The Kier molecular flexibility index (Phi) is 2.84. The summed E-state index contributed by atoms with van der Waals surface area (Å²) in [6.07, 6.45) is 2.49. The summed E-state index contributed by atoms with van der Waals surface area (Å²) in [6.45, 7) is 4.25. The zero-order valence-electron chi connectivity index (χ0n) is 12.0. The third kappa shape index (κ3) is 2.14. The first-order valence-electron chi connectivity index (χ1n) is 7.36. The van der Waals surface area contributed by atoms with Crippen LogP contribution in [0, 0.1) is 6.92 Å². The summed E-state index contributed by atoms with van der Waals surface area (Å²) in [5, 5.41) is 13.2. The molecule has 4 rings (SSSR count). The second kappa shape index (κ2) is 4.84. The van der Waals surface area contributed by atoms with Gasteiger partial charge in [0.15, 0.2) is 11.5 Å².